The number of para-hydroxylation sites is 1. The number of benzene rings is 3. The number of piperidine rings is 1. The topological polar surface area (TPSA) is 62.3 Å². The molecule has 1 fully saturated rings. The van der Waals surface area contributed by atoms with Gasteiger partial charge < -0.3 is 10.2 Å². The molecular weight excluding hydrogens is 583 g/mol. The lowest BCUT2D eigenvalue weighted by Crippen LogP contribution is -2.38. The van der Waals surface area contributed by atoms with E-state index in [9.17, 15) is 22.8 Å². The molecule has 0 aliphatic carbocycles. The van der Waals surface area contributed by atoms with Gasteiger partial charge in [-0.05, 0) is 48.1 Å². The lowest BCUT2D eigenvalue weighted by Gasteiger charge is -2.31. The monoisotopic (exact) mass is 611 g/mol. The Kier molecular flexibility index (Phi) is 9.28. The summed E-state index contributed by atoms with van der Waals surface area (Å²) in [5, 5.41) is 6.19. The molecule has 0 radical (unpaired) electrons. The first-order chi connectivity index (χ1) is 20.2. The van der Waals surface area contributed by atoms with E-state index in [1.165, 1.54) is 23.5 Å². The lowest BCUT2D eigenvalue weighted by molar-refractivity contribution is -0.132. The SMILES string of the molecule is O=C(Nc1ccccc1-c1ccc(CC(F)(F)F)cc1)c1csc(C2CCN(C(=O)CCc3ccccc3Cl)CC2)n1. The zero-order chi connectivity index (χ0) is 29.7. The van der Waals surface area contributed by atoms with Gasteiger partial charge in [-0.1, -0.05) is 72.3 Å². The molecule has 2 amide bonds. The van der Waals surface area contributed by atoms with Gasteiger partial charge in [0.25, 0.3) is 5.91 Å². The Labute approximate surface area is 251 Å². The van der Waals surface area contributed by atoms with Gasteiger partial charge in [0.1, 0.15) is 5.69 Å². The van der Waals surface area contributed by atoms with Crippen molar-refractivity contribution in [1.82, 2.24) is 9.88 Å². The number of hydrogen-bond donors (Lipinski definition) is 1. The van der Waals surface area contributed by atoms with Gasteiger partial charge in [-0.15, -0.1) is 11.3 Å². The van der Waals surface area contributed by atoms with E-state index < -0.39 is 12.6 Å². The first kappa shape index (κ1) is 29.8. The Morgan fingerprint density at radius 3 is 2.38 bits per heavy atom. The van der Waals surface area contributed by atoms with Crippen molar-refractivity contribution in [2.24, 2.45) is 0 Å². The number of nitrogens with one attached hydrogen (secondary N) is 1. The molecule has 5 rings (SSSR count). The fourth-order valence-corrected chi connectivity index (χ4v) is 6.32. The van der Waals surface area contributed by atoms with Crippen LogP contribution in [-0.4, -0.2) is 41.0 Å². The van der Waals surface area contributed by atoms with Gasteiger partial charge in [-0.3, -0.25) is 9.59 Å². The molecule has 2 heterocycles. The van der Waals surface area contributed by atoms with E-state index in [1.54, 1.807) is 29.6 Å². The smallest absolute Gasteiger partial charge is 0.343 e. The molecule has 1 saturated heterocycles. The maximum Gasteiger partial charge on any atom is 0.393 e. The van der Waals surface area contributed by atoms with Crippen LogP contribution < -0.4 is 5.32 Å². The molecule has 1 N–H and O–H groups in total. The van der Waals surface area contributed by atoms with Crippen molar-refractivity contribution in [1.29, 1.82) is 0 Å². The molecule has 0 atom stereocenters. The number of hydrogen-bond acceptors (Lipinski definition) is 4. The summed E-state index contributed by atoms with van der Waals surface area (Å²) < 4.78 is 38.2. The third kappa shape index (κ3) is 7.57. The molecule has 218 valence electrons. The van der Waals surface area contributed by atoms with Crippen LogP contribution in [-0.2, 0) is 17.6 Å². The predicted octanol–water partition coefficient (Wildman–Crippen LogP) is 8.16. The molecule has 1 aliphatic heterocycles. The van der Waals surface area contributed by atoms with Crippen LogP contribution in [0.2, 0.25) is 5.02 Å². The van der Waals surface area contributed by atoms with Crippen LogP contribution in [0.1, 0.15) is 51.8 Å². The average Bonchev–Trinajstić information content (AvgIpc) is 3.47. The van der Waals surface area contributed by atoms with Crippen LogP contribution in [0.5, 0.6) is 0 Å². The number of rotatable bonds is 8. The van der Waals surface area contributed by atoms with Crippen molar-refractivity contribution < 1.29 is 22.8 Å². The second kappa shape index (κ2) is 13.1. The van der Waals surface area contributed by atoms with Gasteiger partial charge in [-0.25, -0.2) is 4.98 Å². The predicted molar refractivity (Wildman–Crippen MR) is 160 cm³/mol. The first-order valence-corrected chi connectivity index (χ1v) is 14.9. The van der Waals surface area contributed by atoms with Gasteiger partial charge in [0.15, 0.2) is 0 Å². The summed E-state index contributed by atoms with van der Waals surface area (Å²) in [6.45, 7) is 1.28. The van der Waals surface area contributed by atoms with E-state index in [0.717, 1.165) is 23.4 Å². The summed E-state index contributed by atoms with van der Waals surface area (Å²) in [5.41, 5.74) is 3.40. The van der Waals surface area contributed by atoms with Crippen molar-refractivity contribution in [3.63, 3.8) is 0 Å². The highest BCUT2D eigenvalue weighted by Crippen LogP contribution is 2.33. The number of alkyl halides is 3. The molecule has 10 heteroatoms. The largest absolute Gasteiger partial charge is 0.393 e. The highest BCUT2D eigenvalue weighted by Gasteiger charge is 2.28. The molecular formula is C32H29ClF3N3O2S. The molecule has 0 bridgehead atoms. The summed E-state index contributed by atoms with van der Waals surface area (Å²) >= 11 is 7.66. The number of thiazole rings is 1. The second-order valence-corrected chi connectivity index (χ2v) is 11.6. The minimum Gasteiger partial charge on any atom is -0.343 e. The number of anilines is 1. The van der Waals surface area contributed by atoms with Crippen LogP contribution in [0.3, 0.4) is 0 Å². The van der Waals surface area contributed by atoms with E-state index in [-0.39, 0.29) is 23.3 Å². The summed E-state index contributed by atoms with van der Waals surface area (Å²) in [7, 11) is 0. The Bertz CT molecular complexity index is 1550. The third-order valence-corrected chi connectivity index (χ3v) is 8.74. The Morgan fingerprint density at radius 2 is 1.67 bits per heavy atom. The van der Waals surface area contributed by atoms with Crippen molar-refractivity contribution in [2.75, 3.05) is 18.4 Å². The van der Waals surface area contributed by atoms with E-state index in [4.69, 9.17) is 11.6 Å². The van der Waals surface area contributed by atoms with E-state index >= 15 is 0 Å². The minimum absolute atomic E-state index is 0.112. The standard InChI is InChI=1S/C32H29ClF3N3O2S/c33-26-7-3-1-5-23(26)13-14-29(40)39-17-15-24(16-18-39)31-38-28(20-42-31)30(41)37-27-8-4-2-6-25(27)22-11-9-21(10-12-22)19-32(34,35)36/h1-12,20,24H,13-19H2,(H,37,41). The summed E-state index contributed by atoms with van der Waals surface area (Å²) in [4.78, 5) is 32.4. The number of halogens is 4. The Hall–Kier alpha value is -3.69. The number of aromatic nitrogens is 1. The van der Waals surface area contributed by atoms with Crippen LogP contribution in [0.4, 0.5) is 18.9 Å². The van der Waals surface area contributed by atoms with E-state index in [2.05, 4.69) is 10.3 Å². The highest BCUT2D eigenvalue weighted by atomic mass is 35.5. The summed E-state index contributed by atoms with van der Waals surface area (Å²) in [6, 6.07) is 20.9. The minimum atomic E-state index is -4.27. The molecule has 5 nitrogen and oxygen atoms in total. The first-order valence-electron chi connectivity index (χ1n) is 13.7. The Morgan fingerprint density at radius 1 is 0.976 bits per heavy atom. The molecule has 4 aromatic rings. The maximum absolute atomic E-state index is 13.1. The van der Waals surface area contributed by atoms with E-state index in [1.807, 2.05) is 41.3 Å². The summed E-state index contributed by atoms with van der Waals surface area (Å²) in [5.74, 6) is -0.0706. The molecule has 0 unspecified atom stereocenters. The van der Waals surface area contributed by atoms with Crippen LogP contribution >= 0.6 is 22.9 Å². The fraction of sp³-hybridized carbons (Fsp3) is 0.281. The van der Waals surface area contributed by atoms with Crippen LogP contribution in [0.15, 0.2) is 78.2 Å². The van der Waals surface area contributed by atoms with Crippen molar-refractivity contribution in [3.8, 4) is 11.1 Å². The zero-order valence-electron chi connectivity index (χ0n) is 22.7. The summed E-state index contributed by atoms with van der Waals surface area (Å²) in [6.07, 6.45) is -2.69. The molecule has 1 aliphatic rings. The fourth-order valence-electron chi connectivity index (χ4n) is 5.12. The van der Waals surface area contributed by atoms with E-state index in [0.29, 0.717) is 53.5 Å². The highest BCUT2D eigenvalue weighted by molar-refractivity contribution is 7.10. The third-order valence-electron chi connectivity index (χ3n) is 7.36. The van der Waals surface area contributed by atoms with Crippen LogP contribution in [0.25, 0.3) is 11.1 Å². The van der Waals surface area contributed by atoms with Crippen molar-refractivity contribution >= 4 is 40.4 Å². The van der Waals surface area contributed by atoms with Gasteiger partial charge in [-0.2, -0.15) is 13.2 Å². The number of aryl methyl sites for hydroxylation is 1. The zero-order valence-corrected chi connectivity index (χ0v) is 24.2. The lowest BCUT2D eigenvalue weighted by atomic mass is 9.97. The number of carbonyl (C=O) groups excluding carboxylic acids is 2. The number of amides is 2. The van der Waals surface area contributed by atoms with Crippen molar-refractivity contribution in [3.05, 3.63) is 105 Å². The second-order valence-electron chi connectivity index (χ2n) is 10.3. The Balaban J connectivity index is 1.17. The number of nitrogens with zero attached hydrogens (tertiary/aromatic N) is 2. The number of likely N-dealkylation sites (tertiary alicyclic amines) is 1. The van der Waals surface area contributed by atoms with Gasteiger partial charge in [0.2, 0.25) is 5.91 Å². The van der Waals surface area contributed by atoms with Gasteiger partial charge in [0.05, 0.1) is 11.4 Å². The maximum atomic E-state index is 13.1. The van der Waals surface area contributed by atoms with Crippen LogP contribution in [0, 0.1) is 0 Å². The van der Waals surface area contributed by atoms with Crippen molar-refractivity contribution in [2.45, 2.75) is 44.2 Å². The molecule has 0 spiro atoms. The average molecular weight is 612 g/mol. The molecule has 3 aromatic carbocycles. The normalized spacial score (nSPS) is 14.1. The molecule has 42 heavy (non-hydrogen) atoms. The molecule has 1 aromatic heterocycles. The molecule has 0 saturated carbocycles. The van der Waals surface area contributed by atoms with Gasteiger partial charge >= 0.3 is 6.18 Å². The van der Waals surface area contributed by atoms with Gasteiger partial charge in [0, 0.05) is 47.1 Å². The quantitative estimate of drug-likeness (QED) is 0.219. The number of carbonyl (C=O) groups is 2.